The zero-order valence-corrected chi connectivity index (χ0v) is 21.7. The molecule has 0 saturated carbocycles. The molecule has 5 rings (SSSR count). The lowest BCUT2D eigenvalue weighted by Crippen LogP contribution is -2.17. The second kappa shape index (κ2) is 10.4. The zero-order chi connectivity index (χ0) is 25.9. The normalized spacial score (nSPS) is 10.9. The van der Waals surface area contributed by atoms with Crippen molar-refractivity contribution in [2.45, 2.75) is 20.8 Å². The molecule has 0 aliphatic rings. The molecule has 0 spiro atoms. The lowest BCUT2D eigenvalue weighted by atomic mass is 9.96. The van der Waals surface area contributed by atoms with Gasteiger partial charge in [-0.25, -0.2) is 9.78 Å². The Kier molecular flexibility index (Phi) is 6.84. The summed E-state index contributed by atoms with van der Waals surface area (Å²) in [4.78, 5) is 31.8. The molecule has 1 N–H and O–H groups in total. The number of ether oxygens (including phenoxy) is 1. The van der Waals surface area contributed by atoms with E-state index in [1.54, 1.807) is 6.92 Å². The molecule has 5 aromatic rings. The number of pyridine rings is 1. The Labute approximate surface area is 219 Å². The minimum absolute atomic E-state index is 0.240. The highest BCUT2D eigenvalue weighted by atomic mass is 32.1. The Morgan fingerprint density at radius 3 is 2.30 bits per heavy atom. The third-order valence-corrected chi connectivity index (χ3v) is 7.17. The van der Waals surface area contributed by atoms with Crippen LogP contribution in [0.25, 0.3) is 33.3 Å². The quantitative estimate of drug-likeness (QED) is 0.240. The number of aryl methyl sites for hydroxylation is 1. The van der Waals surface area contributed by atoms with E-state index in [1.807, 2.05) is 98.1 Å². The summed E-state index contributed by atoms with van der Waals surface area (Å²) in [6, 6.07) is 25.4. The van der Waals surface area contributed by atoms with Crippen LogP contribution in [0, 0.1) is 13.8 Å². The molecule has 184 valence electrons. The van der Waals surface area contributed by atoms with Gasteiger partial charge in [0.05, 0.1) is 23.4 Å². The van der Waals surface area contributed by atoms with Crippen LogP contribution in [0.15, 0.2) is 84.2 Å². The van der Waals surface area contributed by atoms with Crippen LogP contribution in [0.5, 0.6) is 0 Å². The van der Waals surface area contributed by atoms with Gasteiger partial charge in [0.15, 0.2) is 0 Å². The van der Waals surface area contributed by atoms with Crippen LogP contribution in [-0.2, 0) is 4.74 Å². The smallest absolute Gasteiger partial charge is 0.341 e. The summed E-state index contributed by atoms with van der Waals surface area (Å²) < 4.78 is 5.36. The lowest BCUT2D eigenvalue weighted by Gasteiger charge is -2.15. The number of rotatable bonds is 6. The number of nitrogens with one attached hydrogen (secondary N) is 1. The minimum Gasteiger partial charge on any atom is -0.462 e. The first-order valence-corrected chi connectivity index (χ1v) is 13.0. The van der Waals surface area contributed by atoms with Crippen LogP contribution in [0.1, 0.15) is 38.8 Å². The fourth-order valence-corrected chi connectivity index (χ4v) is 5.40. The first-order chi connectivity index (χ1) is 18.0. The lowest BCUT2D eigenvalue weighted by molar-refractivity contribution is 0.0529. The number of benzene rings is 3. The number of carbonyl (C=O) groups is 2. The summed E-state index contributed by atoms with van der Waals surface area (Å²) in [5.74, 6) is -0.758. The molecule has 0 saturated heterocycles. The van der Waals surface area contributed by atoms with Crippen molar-refractivity contribution in [1.29, 1.82) is 0 Å². The molecule has 2 aromatic heterocycles. The number of para-hydroxylation sites is 1. The second-order valence-electron chi connectivity index (χ2n) is 8.74. The maximum Gasteiger partial charge on any atom is 0.341 e. The Bertz CT molecular complexity index is 1610. The summed E-state index contributed by atoms with van der Waals surface area (Å²) in [6.07, 6.45) is 0. The monoisotopic (exact) mass is 506 g/mol. The first kappa shape index (κ1) is 24.4. The molecular formula is C31H26N2O3S. The number of fused-ring (bicyclic) bond motifs is 1. The van der Waals surface area contributed by atoms with Crippen molar-refractivity contribution in [3.05, 3.63) is 106 Å². The number of hydrogen-bond donors (Lipinski definition) is 1. The van der Waals surface area contributed by atoms with E-state index in [0.29, 0.717) is 16.1 Å². The highest BCUT2D eigenvalue weighted by Gasteiger charge is 2.25. The maximum absolute atomic E-state index is 13.9. The van der Waals surface area contributed by atoms with Gasteiger partial charge in [-0.15, -0.1) is 11.3 Å². The van der Waals surface area contributed by atoms with Crippen LogP contribution in [0.3, 0.4) is 0 Å². The largest absolute Gasteiger partial charge is 0.462 e. The average molecular weight is 507 g/mol. The van der Waals surface area contributed by atoms with E-state index in [2.05, 4.69) is 5.32 Å². The molecule has 0 aliphatic carbocycles. The van der Waals surface area contributed by atoms with Gasteiger partial charge in [0.25, 0.3) is 5.91 Å². The van der Waals surface area contributed by atoms with Crippen LogP contribution < -0.4 is 5.32 Å². The fourth-order valence-electron chi connectivity index (χ4n) is 4.44. The zero-order valence-electron chi connectivity index (χ0n) is 20.9. The van der Waals surface area contributed by atoms with Crippen molar-refractivity contribution in [3.63, 3.8) is 0 Å². The predicted molar refractivity (Wildman–Crippen MR) is 150 cm³/mol. The van der Waals surface area contributed by atoms with E-state index in [-0.39, 0.29) is 12.5 Å². The molecule has 0 radical (unpaired) electrons. The van der Waals surface area contributed by atoms with Gasteiger partial charge >= 0.3 is 5.97 Å². The maximum atomic E-state index is 13.9. The van der Waals surface area contributed by atoms with Crippen molar-refractivity contribution < 1.29 is 14.3 Å². The van der Waals surface area contributed by atoms with Crippen molar-refractivity contribution in [2.75, 3.05) is 11.9 Å². The molecule has 2 heterocycles. The fraction of sp³-hybridized carbons (Fsp3) is 0.129. The number of amides is 1. The van der Waals surface area contributed by atoms with Crippen molar-refractivity contribution in [2.24, 2.45) is 0 Å². The molecule has 0 fully saturated rings. The topological polar surface area (TPSA) is 68.3 Å². The van der Waals surface area contributed by atoms with E-state index in [0.717, 1.165) is 44.4 Å². The highest BCUT2D eigenvalue weighted by molar-refractivity contribution is 7.15. The third kappa shape index (κ3) is 4.76. The average Bonchev–Trinajstić information content (AvgIpc) is 3.33. The van der Waals surface area contributed by atoms with Crippen molar-refractivity contribution >= 4 is 39.1 Å². The van der Waals surface area contributed by atoms with E-state index in [1.165, 1.54) is 11.3 Å². The standard InChI is InChI=1S/C31H26N2O3S/c1-4-36-31(35)27-24(21-10-6-5-7-11-21)18-37-30(27)33-29(34)26-20(3)28(22-16-14-19(2)15-17-22)32-25-13-9-8-12-23(25)26/h5-18H,4H2,1-3H3,(H,33,34). The van der Waals surface area contributed by atoms with E-state index >= 15 is 0 Å². The molecule has 0 unspecified atom stereocenters. The summed E-state index contributed by atoms with van der Waals surface area (Å²) in [7, 11) is 0. The van der Waals surface area contributed by atoms with Gasteiger partial charge in [0.1, 0.15) is 10.6 Å². The number of hydrogen-bond acceptors (Lipinski definition) is 5. The third-order valence-electron chi connectivity index (χ3n) is 6.27. The van der Waals surface area contributed by atoms with Gasteiger partial charge in [-0.1, -0.05) is 78.4 Å². The van der Waals surface area contributed by atoms with Crippen LogP contribution in [0.2, 0.25) is 0 Å². The number of esters is 1. The number of anilines is 1. The SMILES string of the molecule is CCOC(=O)c1c(-c2ccccc2)csc1NC(=O)c1c(C)c(-c2ccc(C)cc2)nc2ccccc12. The Morgan fingerprint density at radius 2 is 1.57 bits per heavy atom. The van der Waals surface area contributed by atoms with Crippen molar-refractivity contribution in [3.8, 4) is 22.4 Å². The van der Waals surface area contributed by atoms with E-state index in [9.17, 15) is 9.59 Å². The van der Waals surface area contributed by atoms with Crippen molar-refractivity contribution in [1.82, 2.24) is 4.98 Å². The molecular weight excluding hydrogens is 480 g/mol. The summed E-state index contributed by atoms with van der Waals surface area (Å²) >= 11 is 1.31. The number of nitrogens with zero attached hydrogens (tertiary/aromatic N) is 1. The summed E-state index contributed by atoms with van der Waals surface area (Å²) in [5, 5.41) is 6.12. The molecule has 6 heteroatoms. The van der Waals surface area contributed by atoms with Crippen LogP contribution in [-0.4, -0.2) is 23.5 Å². The van der Waals surface area contributed by atoms with Gasteiger partial charge in [0.2, 0.25) is 0 Å². The van der Waals surface area contributed by atoms with E-state index in [4.69, 9.17) is 9.72 Å². The molecule has 1 amide bonds. The second-order valence-corrected chi connectivity index (χ2v) is 9.62. The van der Waals surface area contributed by atoms with Gasteiger partial charge in [0, 0.05) is 21.9 Å². The highest BCUT2D eigenvalue weighted by Crippen LogP contribution is 2.37. The molecule has 37 heavy (non-hydrogen) atoms. The number of aromatic nitrogens is 1. The van der Waals surface area contributed by atoms with E-state index < -0.39 is 5.97 Å². The molecule has 0 bridgehead atoms. The molecule has 0 atom stereocenters. The summed E-state index contributed by atoms with van der Waals surface area (Å²) in [5.41, 5.74) is 6.87. The Balaban J connectivity index is 1.62. The first-order valence-electron chi connectivity index (χ1n) is 12.1. The molecule has 0 aliphatic heterocycles. The minimum atomic E-state index is -0.463. The molecule has 3 aromatic carbocycles. The molecule has 5 nitrogen and oxygen atoms in total. The number of thiophene rings is 1. The summed E-state index contributed by atoms with van der Waals surface area (Å²) in [6.45, 7) is 5.96. The Hall–Kier alpha value is -4.29. The van der Waals surface area contributed by atoms with Crippen LogP contribution >= 0.6 is 11.3 Å². The predicted octanol–water partition coefficient (Wildman–Crippen LogP) is 7.68. The van der Waals surface area contributed by atoms with Gasteiger partial charge in [-0.3, -0.25) is 4.79 Å². The van der Waals surface area contributed by atoms with Gasteiger partial charge < -0.3 is 10.1 Å². The van der Waals surface area contributed by atoms with Gasteiger partial charge in [-0.05, 0) is 38.0 Å². The number of carbonyl (C=O) groups excluding carboxylic acids is 2. The van der Waals surface area contributed by atoms with Gasteiger partial charge in [-0.2, -0.15) is 0 Å². The van der Waals surface area contributed by atoms with Crippen LogP contribution in [0.4, 0.5) is 5.00 Å². The Morgan fingerprint density at radius 1 is 0.865 bits per heavy atom.